The third-order valence-corrected chi connectivity index (χ3v) is 15.6. The summed E-state index contributed by atoms with van der Waals surface area (Å²) in [5.41, 5.74) is 1.67. The number of anilines is 1. The van der Waals surface area contributed by atoms with Gasteiger partial charge in [0.2, 0.25) is 10.0 Å². The highest BCUT2D eigenvalue weighted by molar-refractivity contribution is 7.90. The van der Waals surface area contributed by atoms with E-state index in [2.05, 4.69) is 57.6 Å². The van der Waals surface area contributed by atoms with Crippen molar-refractivity contribution >= 4 is 33.3 Å². The maximum atomic E-state index is 14.0. The molecule has 6 atom stereocenters. The Kier molecular flexibility index (Phi) is 12.2. The molecule has 3 aliphatic heterocycles. The third-order valence-electron chi connectivity index (χ3n) is 13.4. The van der Waals surface area contributed by atoms with E-state index in [1.807, 2.05) is 20.1 Å². The Labute approximate surface area is 333 Å². The van der Waals surface area contributed by atoms with E-state index in [1.165, 1.54) is 11.1 Å². The van der Waals surface area contributed by atoms with Crippen molar-refractivity contribution in [2.24, 2.45) is 17.8 Å². The Morgan fingerprint density at radius 3 is 2.62 bits per heavy atom. The Hall–Kier alpha value is -2.74. The molecular formula is C42H60ClN5O6S. The first kappa shape index (κ1) is 40.5. The second-order valence-electron chi connectivity index (χ2n) is 17.0. The van der Waals surface area contributed by atoms with Gasteiger partial charge in [-0.25, -0.2) is 18.1 Å². The number of benzene rings is 1. The van der Waals surface area contributed by atoms with Gasteiger partial charge in [-0.2, -0.15) is 0 Å². The van der Waals surface area contributed by atoms with Crippen LogP contribution in [0.2, 0.25) is 5.02 Å². The van der Waals surface area contributed by atoms with Crippen LogP contribution in [0.15, 0.2) is 42.5 Å². The van der Waals surface area contributed by atoms with E-state index < -0.39 is 26.8 Å². The highest BCUT2D eigenvalue weighted by atomic mass is 35.5. The molecule has 302 valence electrons. The molecule has 2 aromatic rings. The number of allylic oxidation sites excluding steroid dienone is 1. The van der Waals surface area contributed by atoms with Crippen molar-refractivity contribution in [3.8, 4) is 5.75 Å². The topological polar surface area (TPSA) is 114 Å². The van der Waals surface area contributed by atoms with Crippen LogP contribution < -0.4 is 14.4 Å². The van der Waals surface area contributed by atoms with Crippen LogP contribution in [0.5, 0.6) is 5.75 Å². The number of sulfonamides is 1. The zero-order valence-electron chi connectivity index (χ0n) is 33.3. The van der Waals surface area contributed by atoms with Gasteiger partial charge in [-0.1, -0.05) is 36.7 Å². The number of nitrogens with one attached hydrogen (secondary N) is 1. The number of fused-ring (bicyclic) bond motifs is 4. The molecule has 2 bridgehead atoms. The van der Waals surface area contributed by atoms with Gasteiger partial charge in [0.05, 0.1) is 11.9 Å². The molecule has 55 heavy (non-hydrogen) atoms. The van der Waals surface area contributed by atoms with Gasteiger partial charge in [0.15, 0.2) is 11.6 Å². The molecule has 1 N–H and O–H groups in total. The Bertz CT molecular complexity index is 1840. The molecule has 1 spiro atoms. The number of methoxy groups -OCH3 is 2. The summed E-state index contributed by atoms with van der Waals surface area (Å²) < 4.78 is 49.2. The molecule has 2 aliphatic carbocycles. The largest absolute Gasteiger partial charge is 0.489 e. The number of rotatable bonds is 7. The van der Waals surface area contributed by atoms with Crippen LogP contribution in [0.4, 0.5) is 5.82 Å². The summed E-state index contributed by atoms with van der Waals surface area (Å²) in [5, 5.41) is -0.122. The van der Waals surface area contributed by atoms with Gasteiger partial charge >= 0.3 is 0 Å². The van der Waals surface area contributed by atoms with E-state index in [9.17, 15) is 13.2 Å². The summed E-state index contributed by atoms with van der Waals surface area (Å²) in [4.78, 5) is 26.2. The molecule has 13 heteroatoms. The lowest BCUT2D eigenvalue weighted by atomic mass is 9.63. The van der Waals surface area contributed by atoms with Crippen molar-refractivity contribution < 1.29 is 27.4 Å². The zero-order chi connectivity index (χ0) is 39.0. The van der Waals surface area contributed by atoms with E-state index in [1.54, 1.807) is 19.2 Å². The average molecular weight is 798 g/mol. The molecule has 1 aromatic heterocycles. The van der Waals surface area contributed by atoms with Crippen LogP contribution in [-0.4, -0.2) is 119 Å². The third kappa shape index (κ3) is 8.32. The minimum atomic E-state index is -4.10. The minimum absolute atomic E-state index is 0.0461. The normalized spacial score (nSPS) is 32.1. The lowest BCUT2D eigenvalue weighted by Crippen LogP contribution is -2.59. The number of halogens is 1. The number of hydrogen-bond acceptors (Lipinski definition) is 10. The first-order valence-electron chi connectivity index (χ1n) is 20.3. The molecular weight excluding hydrogens is 738 g/mol. The predicted octanol–water partition coefficient (Wildman–Crippen LogP) is 5.71. The number of pyridine rings is 1. The number of aryl methyl sites for hydroxylation is 1. The van der Waals surface area contributed by atoms with Crippen molar-refractivity contribution in [1.29, 1.82) is 0 Å². The van der Waals surface area contributed by atoms with Gasteiger partial charge in [0.1, 0.15) is 11.3 Å². The van der Waals surface area contributed by atoms with Gasteiger partial charge in [-0.05, 0) is 112 Å². The number of piperazine rings is 1. The highest BCUT2D eigenvalue weighted by Gasteiger charge is 2.50. The van der Waals surface area contributed by atoms with Crippen LogP contribution in [0.3, 0.4) is 0 Å². The molecule has 7 rings (SSSR count). The molecule has 1 amide bonds. The smallest absolute Gasteiger partial charge is 0.283 e. The summed E-state index contributed by atoms with van der Waals surface area (Å²) in [6.07, 6.45) is 10.1. The monoisotopic (exact) mass is 797 g/mol. The van der Waals surface area contributed by atoms with Crippen molar-refractivity contribution in [3.63, 3.8) is 0 Å². The summed E-state index contributed by atoms with van der Waals surface area (Å²) in [5.74, 6) is 0.654. The fourth-order valence-corrected chi connectivity index (χ4v) is 11.9. The Balaban J connectivity index is 1.30. The average Bonchev–Trinajstić information content (AvgIpc) is 3.29. The van der Waals surface area contributed by atoms with E-state index >= 15 is 0 Å². The van der Waals surface area contributed by atoms with Gasteiger partial charge < -0.3 is 19.1 Å². The second kappa shape index (κ2) is 16.6. The summed E-state index contributed by atoms with van der Waals surface area (Å²) in [7, 11) is -0.697. The SMILES string of the molecule is COCC[C@@H]1[C@@H](C)C/C=C\[C@](CN2CCN(C(C)C)CC2)(OC)[C@@H]2CC[C@H]2CN2C[C@@]3(CCCc4cc(Cl)ccc43)COc3ccc(nc32)C(=O)NS1(=O)=O. The van der Waals surface area contributed by atoms with E-state index in [-0.39, 0.29) is 41.9 Å². The number of aromatic nitrogens is 1. The van der Waals surface area contributed by atoms with Crippen molar-refractivity contribution in [2.45, 2.75) is 88.0 Å². The quantitative estimate of drug-likeness (QED) is 0.350. The first-order valence-corrected chi connectivity index (χ1v) is 22.2. The van der Waals surface area contributed by atoms with Gasteiger partial charge in [-0.3, -0.25) is 14.6 Å². The number of amides is 1. The zero-order valence-corrected chi connectivity index (χ0v) is 34.8. The van der Waals surface area contributed by atoms with Crippen LogP contribution >= 0.6 is 11.6 Å². The van der Waals surface area contributed by atoms with Crippen LogP contribution in [0, 0.1) is 17.8 Å². The maximum Gasteiger partial charge on any atom is 0.283 e. The Morgan fingerprint density at radius 2 is 1.91 bits per heavy atom. The Morgan fingerprint density at radius 1 is 1.11 bits per heavy atom. The summed E-state index contributed by atoms with van der Waals surface area (Å²) in [6, 6.07) is 10.1. The lowest BCUT2D eigenvalue weighted by molar-refractivity contribution is -0.0961. The van der Waals surface area contributed by atoms with E-state index in [0.29, 0.717) is 43.7 Å². The lowest BCUT2D eigenvalue weighted by Gasteiger charge is -2.52. The van der Waals surface area contributed by atoms with Gasteiger partial charge in [0.25, 0.3) is 5.91 Å². The molecule has 11 nitrogen and oxygen atoms in total. The minimum Gasteiger partial charge on any atom is -0.489 e. The molecule has 4 heterocycles. The van der Waals surface area contributed by atoms with Crippen molar-refractivity contribution in [2.75, 3.05) is 78.1 Å². The first-order chi connectivity index (χ1) is 26.4. The van der Waals surface area contributed by atoms with Crippen molar-refractivity contribution in [1.82, 2.24) is 19.5 Å². The van der Waals surface area contributed by atoms with Crippen LogP contribution in [0.25, 0.3) is 0 Å². The molecule has 5 aliphatic rings. The van der Waals surface area contributed by atoms with Crippen LogP contribution in [0.1, 0.15) is 80.9 Å². The number of ether oxygens (including phenoxy) is 3. The van der Waals surface area contributed by atoms with Crippen molar-refractivity contribution in [3.05, 3.63) is 64.3 Å². The van der Waals surface area contributed by atoms with Gasteiger partial charge in [-0.15, -0.1) is 0 Å². The summed E-state index contributed by atoms with van der Waals surface area (Å²) >= 11 is 6.51. The molecule has 1 aromatic carbocycles. The van der Waals surface area contributed by atoms with E-state index in [4.69, 9.17) is 30.8 Å². The predicted molar refractivity (Wildman–Crippen MR) is 217 cm³/mol. The number of carbonyl (C=O) groups excluding carboxylic acids is 1. The highest BCUT2D eigenvalue weighted by Crippen LogP contribution is 2.49. The molecule has 1 saturated carbocycles. The van der Waals surface area contributed by atoms with E-state index in [0.717, 1.165) is 69.9 Å². The number of nitrogens with zero attached hydrogens (tertiary/aromatic N) is 4. The number of hydrogen-bond donors (Lipinski definition) is 1. The molecule has 2 fully saturated rings. The fraction of sp³-hybridized carbons (Fsp3) is 0.667. The van der Waals surface area contributed by atoms with Gasteiger partial charge in [0, 0.05) is 83.1 Å². The standard InChI is InChI=1S/C42H60ClN5O6S/c1-29(2)47-21-19-46(20-22-47)27-42(53-5)18-6-8-30(3)38(16-23-52-4)55(50,51)45-40(49)36-14-15-37-39(44-36)48(25-32-10-12-35(32)42)26-41(28-54-37)17-7-9-31-24-33(43)11-13-34(31)41/h6,11,13-15,18,24,29-30,32,35,38H,7-10,12,16-17,19-23,25-28H2,1-5H3,(H,45,49)/b18-6-/t30-,32-,35+,38+,41-,42+/m0/s1. The second-order valence-corrected chi connectivity index (χ2v) is 19.4. The number of carbonyl (C=O) groups is 1. The maximum absolute atomic E-state index is 14.0. The molecule has 0 unspecified atom stereocenters. The summed E-state index contributed by atoms with van der Waals surface area (Å²) in [6.45, 7) is 13.3. The molecule has 1 saturated heterocycles. The molecule has 0 radical (unpaired) electrons. The van der Waals surface area contributed by atoms with Crippen LogP contribution in [-0.2, 0) is 31.3 Å². The fourth-order valence-electron chi connectivity index (χ4n) is 10.1.